The van der Waals surface area contributed by atoms with Crippen LogP contribution in [-0.2, 0) is 0 Å². The smallest absolute Gasteiger partial charge is 0.264 e. The van der Waals surface area contributed by atoms with E-state index in [1.807, 2.05) is 17.0 Å². The number of nitrogens with zero attached hydrogens (tertiary/aromatic N) is 5. The third-order valence-corrected chi connectivity index (χ3v) is 5.84. The van der Waals surface area contributed by atoms with Crippen LogP contribution in [-0.4, -0.2) is 51.5 Å². The van der Waals surface area contributed by atoms with Gasteiger partial charge in [0.05, 0.1) is 9.58 Å². The molecule has 0 unspecified atom stereocenters. The van der Waals surface area contributed by atoms with Crippen molar-refractivity contribution in [3.63, 3.8) is 0 Å². The molecule has 3 aromatic heterocycles. The number of anilines is 1. The second kappa shape index (κ2) is 7.07. The molecule has 0 aliphatic carbocycles. The molecule has 0 bridgehead atoms. The molecule has 6 nitrogen and oxygen atoms in total. The van der Waals surface area contributed by atoms with Gasteiger partial charge >= 0.3 is 0 Å². The fourth-order valence-electron chi connectivity index (χ4n) is 3.29. The van der Waals surface area contributed by atoms with Crippen LogP contribution in [0.4, 0.5) is 5.95 Å². The Morgan fingerprint density at radius 1 is 1.12 bits per heavy atom. The molecule has 1 aliphatic heterocycles. The summed E-state index contributed by atoms with van der Waals surface area (Å²) in [6.07, 6.45) is 8.71. The molecule has 0 aromatic carbocycles. The fourth-order valence-corrected chi connectivity index (χ4v) is 4.33. The minimum Gasteiger partial charge on any atom is -0.350 e. The molecule has 1 saturated heterocycles. The number of aromatic nitrogens is 3. The van der Waals surface area contributed by atoms with E-state index in [0.717, 1.165) is 42.3 Å². The van der Waals surface area contributed by atoms with Crippen LogP contribution in [0.1, 0.15) is 36.0 Å². The number of hydrogen-bond donors (Lipinski definition) is 0. The average Bonchev–Trinajstić information content (AvgIpc) is 3.12. The maximum absolute atomic E-state index is 13.0. The summed E-state index contributed by atoms with van der Waals surface area (Å²) < 4.78 is 3.37. The molecular formula is C19H23N5OS. The quantitative estimate of drug-likeness (QED) is 0.710. The Bertz CT molecular complexity index is 870. The van der Waals surface area contributed by atoms with E-state index in [-0.39, 0.29) is 5.91 Å². The van der Waals surface area contributed by atoms with E-state index in [1.54, 1.807) is 23.7 Å². The Balaban J connectivity index is 1.47. The van der Waals surface area contributed by atoms with Gasteiger partial charge in [-0.1, -0.05) is 0 Å². The first-order chi connectivity index (χ1) is 12.6. The SMILES string of the molecule is CC(C)n1cc2cc(C(=O)N3CCCN(c4ncccn4)CC3)sc2c1. The zero-order valence-electron chi connectivity index (χ0n) is 15.1. The van der Waals surface area contributed by atoms with Gasteiger partial charge in [-0.25, -0.2) is 9.97 Å². The second-order valence-electron chi connectivity index (χ2n) is 6.91. The third kappa shape index (κ3) is 3.31. The van der Waals surface area contributed by atoms with E-state index in [4.69, 9.17) is 0 Å². The van der Waals surface area contributed by atoms with E-state index in [9.17, 15) is 4.79 Å². The summed E-state index contributed by atoms with van der Waals surface area (Å²) in [5.41, 5.74) is 0. The number of carbonyl (C=O) groups excluding carboxylic acids is 1. The zero-order chi connectivity index (χ0) is 18.1. The van der Waals surface area contributed by atoms with E-state index >= 15 is 0 Å². The molecule has 3 aromatic rings. The molecule has 26 heavy (non-hydrogen) atoms. The molecule has 0 atom stereocenters. The van der Waals surface area contributed by atoms with Gasteiger partial charge < -0.3 is 14.4 Å². The van der Waals surface area contributed by atoms with Crippen LogP contribution in [0.2, 0.25) is 0 Å². The summed E-state index contributed by atoms with van der Waals surface area (Å²) in [4.78, 5) is 26.6. The molecule has 136 valence electrons. The molecule has 1 amide bonds. The van der Waals surface area contributed by atoms with E-state index < -0.39 is 0 Å². The van der Waals surface area contributed by atoms with Crippen molar-refractivity contribution in [2.24, 2.45) is 0 Å². The lowest BCUT2D eigenvalue weighted by Gasteiger charge is -2.21. The van der Waals surface area contributed by atoms with Gasteiger partial charge in [-0.05, 0) is 32.4 Å². The zero-order valence-corrected chi connectivity index (χ0v) is 15.9. The van der Waals surface area contributed by atoms with Crippen molar-refractivity contribution in [3.8, 4) is 0 Å². The normalized spacial score (nSPS) is 15.7. The van der Waals surface area contributed by atoms with Crippen molar-refractivity contribution in [2.45, 2.75) is 26.3 Å². The molecule has 1 fully saturated rings. The van der Waals surface area contributed by atoms with Gasteiger partial charge in [0.15, 0.2) is 0 Å². The van der Waals surface area contributed by atoms with Crippen LogP contribution in [0.3, 0.4) is 0 Å². The highest BCUT2D eigenvalue weighted by Crippen LogP contribution is 2.29. The van der Waals surface area contributed by atoms with Gasteiger partial charge in [-0.2, -0.15) is 0 Å². The summed E-state index contributed by atoms with van der Waals surface area (Å²) in [5, 5.41) is 1.15. The Kier molecular flexibility index (Phi) is 4.63. The number of amides is 1. The van der Waals surface area contributed by atoms with Gasteiger partial charge in [0, 0.05) is 62.4 Å². The minimum absolute atomic E-state index is 0.137. The molecule has 4 rings (SSSR count). The Labute approximate surface area is 157 Å². The number of rotatable bonds is 3. The minimum atomic E-state index is 0.137. The van der Waals surface area contributed by atoms with Crippen molar-refractivity contribution in [3.05, 3.63) is 41.8 Å². The molecule has 0 N–H and O–H groups in total. The standard InChI is InChI=1S/C19H23N5OS/c1-14(2)24-12-15-11-16(26-17(15)13-24)18(25)22-7-4-8-23(10-9-22)19-20-5-3-6-21-19/h3,5-6,11-14H,4,7-10H2,1-2H3. The number of hydrogen-bond acceptors (Lipinski definition) is 5. The summed E-state index contributed by atoms with van der Waals surface area (Å²) in [6.45, 7) is 7.44. The highest BCUT2D eigenvalue weighted by molar-refractivity contribution is 7.20. The Morgan fingerprint density at radius 2 is 1.92 bits per heavy atom. The van der Waals surface area contributed by atoms with E-state index in [0.29, 0.717) is 12.6 Å². The lowest BCUT2D eigenvalue weighted by atomic mass is 10.3. The maximum Gasteiger partial charge on any atom is 0.264 e. The topological polar surface area (TPSA) is 54.3 Å². The van der Waals surface area contributed by atoms with Gasteiger partial charge in [-0.15, -0.1) is 11.3 Å². The van der Waals surface area contributed by atoms with Crippen molar-refractivity contribution in [1.29, 1.82) is 0 Å². The molecule has 0 spiro atoms. The van der Waals surface area contributed by atoms with E-state index in [1.165, 1.54) is 4.70 Å². The fraction of sp³-hybridized carbons (Fsp3) is 0.421. The molecular weight excluding hydrogens is 346 g/mol. The van der Waals surface area contributed by atoms with E-state index in [2.05, 4.69) is 45.7 Å². The summed E-state index contributed by atoms with van der Waals surface area (Å²) in [6, 6.07) is 4.29. The van der Waals surface area contributed by atoms with Crippen LogP contribution in [0.5, 0.6) is 0 Å². The average molecular weight is 369 g/mol. The predicted octanol–water partition coefficient (Wildman–Crippen LogP) is 3.43. The van der Waals surface area contributed by atoms with Crippen LogP contribution in [0.25, 0.3) is 10.1 Å². The van der Waals surface area contributed by atoms with Crippen LogP contribution in [0, 0.1) is 0 Å². The lowest BCUT2D eigenvalue weighted by Crippen LogP contribution is -2.35. The first kappa shape index (κ1) is 17.0. The van der Waals surface area contributed by atoms with Crippen LogP contribution >= 0.6 is 11.3 Å². The lowest BCUT2D eigenvalue weighted by molar-refractivity contribution is 0.0772. The third-order valence-electron chi connectivity index (χ3n) is 4.77. The molecule has 7 heteroatoms. The highest BCUT2D eigenvalue weighted by Gasteiger charge is 2.23. The summed E-state index contributed by atoms with van der Waals surface area (Å²) >= 11 is 1.59. The first-order valence-corrected chi connectivity index (χ1v) is 9.86. The number of carbonyl (C=O) groups is 1. The number of thiophene rings is 1. The van der Waals surface area contributed by atoms with Crippen molar-refractivity contribution in [1.82, 2.24) is 19.4 Å². The van der Waals surface area contributed by atoms with Crippen molar-refractivity contribution in [2.75, 3.05) is 31.1 Å². The Hall–Kier alpha value is -2.41. The monoisotopic (exact) mass is 369 g/mol. The van der Waals surface area contributed by atoms with Crippen molar-refractivity contribution < 1.29 is 4.79 Å². The van der Waals surface area contributed by atoms with Gasteiger partial charge in [0.1, 0.15) is 0 Å². The largest absolute Gasteiger partial charge is 0.350 e. The highest BCUT2D eigenvalue weighted by atomic mass is 32.1. The van der Waals surface area contributed by atoms with Crippen LogP contribution in [0.15, 0.2) is 36.9 Å². The van der Waals surface area contributed by atoms with Gasteiger partial charge in [-0.3, -0.25) is 4.79 Å². The molecule has 0 saturated carbocycles. The second-order valence-corrected chi connectivity index (χ2v) is 7.99. The molecule has 1 aliphatic rings. The van der Waals surface area contributed by atoms with Gasteiger partial charge in [0.25, 0.3) is 5.91 Å². The molecule has 0 radical (unpaired) electrons. The first-order valence-electron chi connectivity index (χ1n) is 9.04. The van der Waals surface area contributed by atoms with Crippen LogP contribution < -0.4 is 4.90 Å². The predicted molar refractivity (Wildman–Crippen MR) is 105 cm³/mol. The number of fused-ring (bicyclic) bond motifs is 1. The Morgan fingerprint density at radius 3 is 2.65 bits per heavy atom. The maximum atomic E-state index is 13.0. The summed E-state index contributed by atoms with van der Waals surface area (Å²) in [7, 11) is 0. The summed E-state index contributed by atoms with van der Waals surface area (Å²) in [5.74, 6) is 0.882. The molecule has 4 heterocycles. The van der Waals surface area contributed by atoms with Gasteiger partial charge in [0.2, 0.25) is 5.95 Å². The van der Waals surface area contributed by atoms with Crippen molar-refractivity contribution >= 4 is 33.3 Å².